The quantitative estimate of drug-likeness (QED) is 0.697. The van der Waals surface area contributed by atoms with Crippen LogP contribution in [0, 0.1) is 0 Å². The number of fused-ring (bicyclic) bond motifs is 1. The number of nitrogens with zero attached hydrogens (tertiary/aromatic N) is 2. The van der Waals surface area contributed by atoms with Crippen molar-refractivity contribution in [3.63, 3.8) is 0 Å². The van der Waals surface area contributed by atoms with Gasteiger partial charge in [0.15, 0.2) is 0 Å². The van der Waals surface area contributed by atoms with Gasteiger partial charge in [0.25, 0.3) is 0 Å². The predicted octanol–water partition coefficient (Wildman–Crippen LogP) is 3.93. The number of anilines is 1. The number of H-pyrrole nitrogens is 1. The first-order valence-electron chi connectivity index (χ1n) is 6.66. The van der Waals surface area contributed by atoms with Gasteiger partial charge in [-0.2, -0.15) is 0 Å². The van der Waals surface area contributed by atoms with E-state index in [1.807, 2.05) is 18.2 Å². The third kappa shape index (κ3) is 2.93. The van der Waals surface area contributed by atoms with Gasteiger partial charge in [-0.3, -0.25) is 0 Å². The van der Waals surface area contributed by atoms with Crippen LogP contribution in [0.25, 0.3) is 10.9 Å². The molecule has 102 valence electrons. The lowest BCUT2D eigenvalue weighted by Gasteiger charge is -2.04. The molecule has 0 atom stereocenters. The van der Waals surface area contributed by atoms with Crippen molar-refractivity contribution in [2.45, 2.75) is 23.4 Å². The maximum Gasteiger partial charge on any atom is 0.130 e. The molecular weight excluding hydrogens is 268 g/mol. The van der Waals surface area contributed by atoms with Crippen LogP contribution >= 0.6 is 11.8 Å². The SMILES string of the molecule is CCCNc1cc(Sc2cc3ccccc3[nH]2)ncn1. The Kier molecular flexibility index (Phi) is 3.87. The highest BCUT2D eigenvalue weighted by Gasteiger charge is 2.04. The molecule has 2 heterocycles. The molecule has 2 N–H and O–H groups in total. The molecule has 0 bridgehead atoms. The van der Waals surface area contributed by atoms with E-state index in [9.17, 15) is 0 Å². The molecule has 3 aromatic rings. The zero-order chi connectivity index (χ0) is 13.8. The first-order valence-corrected chi connectivity index (χ1v) is 7.48. The van der Waals surface area contributed by atoms with Crippen LogP contribution in [-0.4, -0.2) is 21.5 Å². The van der Waals surface area contributed by atoms with Crippen molar-refractivity contribution in [2.75, 3.05) is 11.9 Å². The van der Waals surface area contributed by atoms with Crippen LogP contribution < -0.4 is 5.32 Å². The van der Waals surface area contributed by atoms with Gasteiger partial charge < -0.3 is 10.3 Å². The molecule has 0 saturated carbocycles. The van der Waals surface area contributed by atoms with E-state index >= 15 is 0 Å². The molecule has 0 aliphatic rings. The van der Waals surface area contributed by atoms with Crippen LogP contribution in [0.4, 0.5) is 5.82 Å². The fraction of sp³-hybridized carbons (Fsp3) is 0.200. The number of hydrogen-bond donors (Lipinski definition) is 2. The number of aromatic nitrogens is 3. The number of hydrogen-bond acceptors (Lipinski definition) is 4. The molecule has 0 radical (unpaired) electrons. The van der Waals surface area contributed by atoms with Gasteiger partial charge in [-0.1, -0.05) is 36.9 Å². The van der Waals surface area contributed by atoms with Gasteiger partial charge in [0.1, 0.15) is 17.2 Å². The Morgan fingerprint density at radius 2 is 2.10 bits per heavy atom. The average molecular weight is 284 g/mol. The first kappa shape index (κ1) is 13.0. The highest BCUT2D eigenvalue weighted by atomic mass is 32.2. The van der Waals surface area contributed by atoms with E-state index in [0.29, 0.717) is 0 Å². The molecule has 0 unspecified atom stereocenters. The van der Waals surface area contributed by atoms with Crippen molar-refractivity contribution >= 4 is 28.5 Å². The molecule has 20 heavy (non-hydrogen) atoms. The van der Waals surface area contributed by atoms with Crippen molar-refractivity contribution in [1.29, 1.82) is 0 Å². The molecular formula is C15H16N4S. The zero-order valence-electron chi connectivity index (χ0n) is 11.3. The smallest absolute Gasteiger partial charge is 0.130 e. The summed E-state index contributed by atoms with van der Waals surface area (Å²) in [7, 11) is 0. The minimum atomic E-state index is 0.875. The highest BCUT2D eigenvalue weighted by Crippen LogP contribution is 2.29. The number of para-hydroxylation sites is 1. The second kappa shape index (κ2) is 5.96. The molecule has 0 aliphatic heterocycles. The average Bonchev–Trinajstić information content (AvgIpc) is 2.87. The lowest BCUT2D eigenvalue weighted by molar-refractivity contribution is 0.952. The van der Waals surface area contributed by atoms with E-state index in [2.05, 4.69) is 45.4 Å². The lowest BCUT2D eigenvalue weighted by atomic mass is 10.3. The van der Waals surface area contributed by atoms with Crippen LogP contribution in [0.5, 0.6) is 0 Å². The Morgan fingerprint density at radius 1 is 1.20 bits per heavy atom. The Hall–Kier alpha value is -2.01. The van der Waals surface area contributed by atoms with Crippen LogP contribution in [0.2, 0.25) is 0 Å². The fourth-order valence-electron chi connectivity index (χ4n) is 1.96. The Morgan fingerprint density at radius 3 is 2.95 bits per heavy atom. The van der Waals surface area contributed by atoms with Crippen LogP contribution in [-0.2, 0) is 0 Å². The Labute approximate surface area is 122 Å². The summed E-state index contributed by atoms with van der Waals surface area (Å²) in [4.78, 5) is 11.9. The van der Waals surface area contributed by atoms with E-state index < -0.39 is 0 Å². The molecule has 1 aromatic carbocycles. The third-order valence-corrected chi connectivity index (χ3v) is 3.79. The summed E-state index contributed by atoms with van der Waals surface area (Å²) in [6, 6.07) is 12.4. The summed E-state index contributed by atoms with van der Waals surface area (Å²) < 4.78 is 0. The summed E-state index contributed by atoms with van der Waals surface area (Å²) in [6.07, 6.45) is 2.68. The second-order valence-corrected chi connectivity index (χ2v) is 5.55. The molecule has 0 saturated heterocycles. The van der Waals surface area contributed by atoms with Gasteiger partial charge in [0, 0.05) is 23.5 Å². The minimum absolute atomic E-state index is 0.875. The molecule has 3 rings (SSSR count). The first-order chi connectivity index (χ1) is 9.85. The lowest BCUT2D eigenvalue weighted by Crippen LogP contribution is -2.02. The van der Waals surface area contributed by atoms with Crippen molar-refractivity contribution in [3.8, 4) is 0 Å². The molecule has 4 nitrogen and oxygen atoms in total. The Bertz CT molecular complexity index is 675. The maximum absolute atomic E-state index is 4.30. The summed E-state index contributed by atoms with van der Waals surface area (Å²) in [6.45, 7) is 3.06. The van der Waals surface area contributed by atoms with Gasteiger partial charge in [0.2, 0.25) is 0 Å². The third-order valence-electron chi connectivity index (χ3n) is 2.92. The van der Waals surface area contributed by atoms with Crippen molar-refractivity contribution in [3.05, 3.63) is 42.7 Å². The van der Waals surface area contributed by atoms with E-state index in [1.54, 1.807) is 18.1 Å². The van der Waals surface area contributed by atoms with Gasteiger partial charge in [0.05, 0.1) is 5.03 Å². The number of nitrogens with one attached hydrogen (secondary N) is 2. The highest BCUT2D eigenvalue weighted by molar-refractivity contribution is 7.99. The number of aromatic amines is 1. The van der Waals surface area contributed by atoms with Crippen molar-refractivity contribution in [2.24, 2.45) is 0 Å². The fourth-order valence-corrected chi connectivity index (χ4v) is 2.80. The molecule has 0 spiro atoms. The normalized spacial score (nSPS) is 10.8. The second-order valence-electron chi connectivity index (χ2n) is 4.49. The van der Waals surface area contributed by atoms with Crippen LogP contribution in [0.15, 0.2) is 52.8 Å². The molecule has 5 heteroatoms. The largest absolute Gasteiger partial charge is 0.370 e. The van der Waals surface area contributed by atoms with Crippen LogP contribution in [0.1, 0.15) is 13.3 Å². The van der Waals surface area contributed by atoms with Gasteiger partial charge in [-0.25, -0.2) is 9.97 Å². The van der Waals surface area contributed by atoms with E-state index in [1.165, 1.54) is 5.39 Å². The van der Waals surface area contributed by atoms with Crippen molar-refractivity contribution < 1.29 is 0 Å². The van der Waals surface area contributed by atoms with E-state index in [0.717, 1.165) is 34.4 Å². The summed E-state index contributed by atoms with van der Waals surface area (Å²) in [5, 5.41) is 6.51. The summed E-state index contributed by atoms with van der Waals surface area (Å²) >= 11 is 1.61. The van der Waals surface area contributed by atoms with Gasteiger partial charge in [-0.15, -0.1) is 0 Å². The zero-order valence-corrected chi connectivity index (χ0v) is 12.1. The molecule has 0 fully saturated rings. The van der Waals surface area contributed by atoms with E-state index in [-0.39, 0.29) is 0 Å². The minimum Gasteiger partial charge on any atom is -0.370 e. The van der Waals surface area contributed by atoms with E-state index in [4.69, 9.17) is 0 Å². The summed E-state index contributed by atoms with van der Waals surface area (Å²) in [5.41, 5.74) is 1.15. The maximum atomic E-state index is 4.30. The monoisotopic (exact) mass is 284 g/mol. The van der Waals surface area contributed by atoms with Gasteiger partial charge >= 0.3 is 0 Å². The molecule has 0 aliphatic carbocycles. The summed E-state index contributed by atoms with van der Waals surface area (Å²) in [5.74, 6) is 0.875. The van der Waals surface area contributed by atoms with Crippen molar-refractivity contribution in [1.82, 2.24) is 15.0 Å². The molecule has 2 aromatic heterocycles. The van der Waals surface area contributed by atoms with Gasteiger partial charge in [-0.05, 0) is 18.6 Å². The number of benzene rings is 1. The molecule has 0 amide bonds. The predicted molar refractivity (Wildman–Crippen MR) is 83.2 cm³/mol. The Balaban J connectivity index is 1.79. The number of rotatable bonds is 5. The van der Waals surface area contributed by atoms with Crippen LogP contribution in [0.3, 0.4) is 0 Å². The topological polar surface area (TPSA) is 53.6 Å². The standard InChI is InChI=1S/C15H16N4S/c1-2-7-16-13-9-14(18-10-17-13)20-15-8-11-5-3-4-6-12(11)19-15/h3-6,8-10,19H,2,7H2,1H3,(H,16,17,18).